The van der Waals surface area contributed by atoms with Gasteiger partial charge in [-0.05, 0) is 50.7 Å². The Bertz CT molecular complexity index is 421. The van der Waals surface area contributed by atoms with Crippen molar-refractivity contribution >= 4 is 11.4 Å². The normalized spacial score (nSPS) is 30.6. The van der Waals surface area contributed by atoms with Crippen LogP contribution in [0.3, 0.4) is 0 Å². The summed E-state index contributed by atoms with van der Waals surface area (Å²) in [5.41, 5.74) is 2.74. The van der Waals surface area contributed by atoms with Crippen LogP contribution >= 0.6 is 0 Å². The summed E-state index contributed by atoms with van der Waals surface area (Å²) in [6.45, 7) is 5.77. The van der Waals surface area contributed by atoms with E-state index in [1.165, 1.54) is 43.5 Å². The molecule has 1 aliphatic carbocycles. The first-order chi connectivity index (χ1) is 9.29. The second-order valence-corrected chi connectivity index (χ2v) is 6.24. The lowest BCUT2D eigenvalue weighted by Crippen LogP contribution is -2.49. The molecule has 1 heterocycles. The standard InChI is InChI=1S/C17H26N2/c1-3-14-8-10-15(11-9-14)19-13(2)12-18-16-6-4-5-7-17(16)19/h4-7,13-15,18H,3,8-12H2,1-2H3. The van der Waals surface area contributed by atoms with Crippen LogP contribution in [0.1, 0.15) is 46.0 Å². The van der Waals surface area contributed by atoms with Crippen molar-refractivity contribution in [2.75, 3.05) is 16.8 Å². The number of para-hydroxylation sites is 2. The maximum absolute atomic E-state index is 3.56. The summed E-state index contributed by atoms with van der Waals surface area (Å²) >= 11 is 0. The van der Waals surface area contributed by atoms with Crippen LogP contribution in [-0.2, 0) is 0 Å². The van der Waals surface area contributed by atoms with E-state index in [1.54, 1.807) is 0 Å². The fourth-order valence-corrected chi connectivity index (χ4v) is 3.83. The summed E-state index contributed by atoms with van der Waals surface area (Å²) in [5, 5.41) is 3.56. The summed E-state index contributed by atoms with van der Waals surface area (Å²) in [6, 6.07) is 10.2. The molecular weight excluding hydrogens is 232 g/mol. The van der Waals surface area contributed by atoms with Crippen molar-refractivity contribution in [3.63, 3.8) is 0 Å². The van der Waals surface area contributed by atoms with Gasteiger partial charge in [-0.25, -0.2) is 0 Å². The van der Waals surface area contributed by atoms with Crippen molar-refractivity contribution < 1.29 is 0 Å². The smallest absolute Gasteiger partial charge is 0.0607 e. The summed E-state index contributed by atoms with van der Waals surface area (Å²) in [4.78, 5) is 2.69. The third-order valence-corrected chi connectivity index (χ3v) is 5.03. The van der Waals surface area contributed by atoms with Gasteiger partial charge in [0.1, 0.15) is 0 Å². The minimum Gasteiger partial charge on any atom is -0.381 e. The van der Waals surface area contributed by atoms with Gasteiger partial charge in [-0.3, -0.25) is 0 Å². The lowest BCUT2D eigenvalue weighted by Gasteiger charge is -2.45. The molecule has 1 N–H and O–H groups in total. The predicted octanol–water partition coefficient (Wildman–Crippen LogP) is 4.28. The number of hydrogen-bond donors (Lipinski definition) is 1. The molecule has 2 aliphatic rings. The molecule has 0 bridgehead atoms. The SMILES string of the molecule is CCC1CCC(N2c3ccccc3NCC2C)CC1. The van der Waals surface area contributed by atoms with Gasteiger partial charge in [0.05, 0.1) is 11.4 Å². The Morgan fingerprint density at radius 2 is 1.89 bits per heavy atom. The molecule has 1 aliphatic heterocycles. The number of benzene rings is 1. The van der Waals surface area contributed by atoms with Crippen LogP contribution in [0, 0.1) is 5.92 Å². The number of rotatable bonds is 2. The van der Waals surface area contributed by atoms with Gasteiger partial charge in [0.25, 0.3) is 0 Å². The average Bonchev–Trinajstić information content (AvgIpc) is 2.47. The van der Waals surface area contributed by atoms with Crippen LogP contribution in [0.15, 0.2) is 24.3 Å². The van der Waals surface area contributed by atoms with Crippen LogP contribution in [0.25, 0.3) is 0 Å². The Hall–Kier alpha value is -1.18. The molecule has 1 fully saturated rings. The van der Waals surface area contributed by atoms with Crippen LogP contribution in [0.2, 0.25) is 0 Å². The Balaban J connectivity index is 1.80. The second kappa shape index (κ2) is 5.44. The summed E-state index contributed by atoms with van der Waals surface area (Å²) in [6.07, 6.45) is 6.94. The molecule has 2 nitrogen and oxygen atoms in total. The molecule has 19 heavy (non-hydrogen) atoms. The van der Waals surface area contributed by atoms with E-state index < -0.39 is 0 Å². The molecule has 1 unspecified atom stereocenters. The Morgan fingerprint density at radius 1 is 1.16 bits per heavy atom. The maximum atomic E-state index is 3.56. The third-order valence-electron chi connectivity index (χ3n) is 5.03. The van der Waals surface area contributed by atoms with E-state index in [0.717, 1.165) is 18.5 Å². The minimum absolute atomic E-state index is 0.609. The van der Waals surface area contributed by atoms with E-state index in [1.807, 2.05) is 0 Å². The fraction of sp³-hybridized carbons (Fsp3) is 0.647. The molecule has 0 aromatic heterocycles. The molecule has 2 heteroatoms. The number of nitrogens with one attached hydrogen (secondary N) is 1. The topological polar surface area (TPSA) is 15.3 Å². The van der Waals surface area contributed by atoms with Gasteiger partial charge in [-0.15, -0.1) is 0 Å². The van der Waals surface area contributed by atoms with E-state index in [9.17, 15) is 0 Å². The van der Waals surface area contributed by atoms with Crippen LogP contribution in [0.5, 0.6) is 0 Å². The van der Waals surface area contributed by atoms with Crippen molar-refractivity contribution in [3.8, 4) is 0 Å². The fourth-order valence-electron chi connectivity index (χ4n) is 3.83. The molecule has 0 radical (unpaired) electrons. The van der Waals surface area contributed by atoms with Crippen molar-refractivity contribution in [1.82, 2.24) is 0 Å². The molecule has 104 valence electrons. The molecule has 1 saturated carbocycles. The maximum Gasteiger partial charge on any atom is 0.0607 e. The first kappa shape index (κ1) is 12.8. The molecular formula is C17H26N2. The molecule has 0 spiro atoms. The zero-order chi connectivity index (χ0) is 13.2. The summed E-state index contributed by atoms with van der Waals surface area (Å²) in [5.74, 6) is 0.977. The van der Waals surface area contributed by atoms with E-state index in [0.29, 0.717) is 6.04 Å². The van der Waals surface area contributed by atoms with Gasteiger partial charge in [0, 0.05) is 18.6 Å². The highest BCUT2D eigenvalue weighted by Crippen LogP contribution is 2.38. The van der Waals surface area contributed by atoms with Gasteiger partial charge < -0.3 is 10.2 Å². The quantitative estimate of drug-likeness (QED) is 0.852. The Kier molecular flexibility index (Phi) is 3.67. The minimum atomic E-state index is 0.609. The first-order valence-electron chi connectivity index (χ1n) is 7.90. The molecule has 1 atom stereocenters. The largest absolute Gasteiger partial charge is 0.381 e. The van der Waals surface area contributed by atoms with E-state index >= 15 is 0 Å². The Labute approximate surface area is 117 Å². The van der Waals surface area contributed by atoms with Gasteiger partial charge in [0.15, 0.2) is 0 Å². The van der Waals surface area contributed by atoms with Crippen LogP contribution in [0.4, 0.5) is 11.4 Å². The van der Waals surface area contributed by atoms with Crippen LogP contribution < -0.4 is 10.2 Å². The highest BCUT2D eigenvalue weighted by Gasteiger charge is 2.31. The molecule has 0 amide bonds. The number of fused-ring (bicyclic) bond motifs is 1. The highest BCUT2D eigenvalue weighted by molar-refractivity contribution is 5.73. The molecule has 3 rings (SSSR count). The van der Waals surface area contributed by atoms with E-state index in [-0.39, 0.29) is 0 Å². The van der Waals surface area contributed by atoms with Crippen molar-refractivity contribution in [3.05, 3.63) is 24.3 Å². The zero-order valence-electron chi connectivity index (χ0n) is 12.2. The molecule has 1 aromatic rings. The monoisotopic (exact) mass is 258 g/mol. The third kappa shape index (κ3) is 2.45. The van der Waals surface area contributed by atoms with Gasteiger partial charge in [0.2, 0.25) is 0 Å². The number of anilines is 2. The first-order valence-corrected chi connectivity index (χ1v) is 7.90. The second-order valence-electron chi connectivity index (χ2n) is 6.24. The zero-order valence-corrected chi connectivity index (χ0v) is 12.2. The number of nitrogens with zero attached hydrogens (tertiary/aromatic N) is 1. The van der Waals surface area contributed by atoms with Gasteiger partial charge in [-0.2, -0.15) is 0 Å². The molecule has 1 aromatic carbocycles. The number of hydrogen-bond acceptors (Lipinski definition) is 2. The van der Waals surface area contributed by atoms with Gasteiger partial charge >= 0.3 is 0 Å². The van der Waals surface area contributed by atoms with Gasteiger partial charge in [-0.1, -0.05) is 25.5 Å². The lowest BCUT2D eigenvalue weighted by atomic mass is 9.83. The van der Waals surface area contributed by atoms with Crippen molar-refractivity contribution in [2.45, 2.75) is 58.0 Å². The lowest BCUT2D eigenvalue weighted by molar-refractivity contribution is 0.299. The van der Waals surface area contributed by atoms with E-state index in [4.69, 9.17) is 0 Å². The van der Waals surface area contributed by atoms with Crippen molar-refractivity contribution in [2.24, 2.45) is 5.92 Å². The predicted molar refractivity (Wildman–Crippen MR) is 82.9 cm³/mol. The summed E-state index contributed by atoms with van der Waals surface area (Å²) in [7, 11) is 0. The Morgan fingerprint density at radius 3 is 2.63 bits per heavy atom. The van der Waals surface area contributed by atoms with Crippen molar-refractivity contribution in [1.29, 1.82) is 0 Å². The highest BCUT2D eigenvalue weighted by atomic mass is 15.2. The molecule has 0 saturated heterocycles. The average molecular weight is 258 g/mol. The van der Waals surface area contributed by atoms with Crippen LogP contribution in [-0.4, -0.2) is 18.6 Å². The van der Waals surface area contributed by atoms with E-state index in [2.05, 4.69) is 48.3 Å². The summed E-state index contributed by atoms with van der Waals surface area (Å²) < 4.78 is 0.